The van der Waals surface area contributed by atoms with Gasteiger partial charge in [-0.3, -0.25) is 0 Å². The average molecular weight is 349 g/mol. The third-order valence-electron chi connectivity index (χ3n) is 3.67. The second kappa shape index (κ2) is 7.03. The number of fused-ring (bicyclic) bond motifs is 1. The summed E-state index contributed by atoms with van der Waals surface area (Å²) in [6, 6.07) is 10.5. The zero-order valence-electron chi connectivity index (χ0n) is 13.2. The van der Waals surface area contributed by atoms with Crippen molar-refractivity contribution in [2.75, 3.05) is 13.9 Å². The van der Waals surface area contributed by atoms with E-state index < -0.39 is 0 Å². The molecule has 24 heavy (non-hydrogen) atoms. The van der Waals surface area contributed by atoms with Crippen LogP contribution in [-0.2, 0) is 0 Å². The third kappa shape index (κ3) is 2.98. The number of rotatable bonds is 3. The van der Waals surface area contributed by atoms with E-state index in [1.54, 1.807) is 31.4 Å². The molecule has 2 aromatic carbocycles. The molecule has 1 aliphatic heterocycles. The fourth-order valence-corrected chi connectivity index (χ4v) is 3.27. The van der Waals surface area contributed by atoms with Crippen molar-refractivity contribution in [2.24, 2.45) is 0 Å². The van der Waals surface area contributed by atoms with Gasteiger partial charge in [-0.15, -0.1) is 5.75 Å². The van der Waals surface area contributed by atoms with Crippen LogP contribution in [0, 0.1) is 0 Å². The van der Waals surface area contributed by atoms with Crippen molar-refractivity contribution in [1.82, 2.24) is 4.37 Å². The van der Waals surface area contributed by atoms with Crippen LogP contribution in [0.3, 0.4) is 0 Å². The summed E-state index contributed by atoms with van der Waals surface area (Å²) >= 11 is 1.37. The van der Waals surface area contributed by atoms with Crippen LogP contribution in [0.1, 0.15) is 0 Å². The van der Waals surface area contributed by atoms with Gasteiger partial charge in [0.1, 0.15) is 0 Å². The molecule has 116 valence electrons. The van der Waals surface area contributed by atoms with Gasteiger partial charge in [-0.2, -0.15) is 4.37 Å². The van der Waals surface area contributed by atoms with Crippen LogP contribution in [0.5, 0.6) is 23.0 Å². The molecule has 3 aromatic rings. The van der Waals surface area contributed by atoms with Crippen molar-refractivity contribution in [3.8, 4) is 45.4 Å². The van der Waals surface area contributed by atoms with Crippen LogP contribution in [0.25, 0.3) is 22.4 Å². The summed E-state index contributed by atoms with van der Waals surface area (Å²) < 4.78 is 20.8. The van der Waals surface area contributed by atoms with Crippen molar-refractivity contribution in [1.29, 1.82) is 0 Å². The summed E-state index contributed by atoms with van der Waals surface area (Å²) in [6.45, 7) is 0.185. The van der Waals surface area contributed by atoms with E-state index >= 15 is 0 Å². The molecule has 0 atom stereocenters. The molecule has 0 N–H and O–H groups in total. The zero-order valence-corrected chi connectivity index (χ0v) is 16.1. The maximum atomic E-state index is 11.3. The van der Waals surface area contributed by atoms with E-state index in [9.17, 15) is 5.11 Å². The Morgan fingerprint density at radius 1 is 1.12 bits per heavy atom. The number of hydrogen-bond acceptors (Lipinski definition) is 6. The SMILES string of the molecule is COc1cc(-c2nscc2-c2ccc([O-])cc2)cc2c1OCO2.[Na+]. The summed E-state index contributed by atoms with van der Waals surface area (Å²) in [4.78, 5) is 0. The van der Waals surface area contributed by atoms with Gasteiger partial charge in [0.05, 0.1) is 12.8 Å². The van der Waals surface area contributed by atoms with E-state index in [0.717, 1.165) is 22.4 Å². The fraction of sp³-hybridized carbons (Fsp3) is 0.118. The fourth-order valence-electron chi connectivity index (χ4n) is 2.55. The second-order valence-electron chi connectivity index (χ2n) is 5.01. The minimum absolute atomic E-state index is 0. The van der Waals surface area contributed by atoms with Gasteiger partial charge in [-0.05, 0) is 29.2 Å². The Bertz CT molecular complexity index is 864. The molecule has 0 fully saturated rings. The van der Waals surface area contributed by atoms with Crippen molar-refractivity contribution in [3.63, 3.8) is 0 Å². The molecule has 0 amide bonds. The summed E-state index contributed by atoms with van der Waals surface area (Å²) in [5.74, 6) is 1.86. The van der Waals surface area contributed by atoms with Gasteiger partial charge >= 0.3 is 29.6 Å². The Balaban J connectivity index is 0.00000169. The Morgan fingerprint density at radius 2 is 1.92 bits per heavy atom. The van der Waals surface area contributed by atoms with Gasteiger partial charge in [0.25, 0.3) is 0 Å². The minimum Gasteiger partial charge on any atom is -0.872 e. The van der Waals surface area contributed by atoms with Gasteiger partial charge < -0.3 is 19.3 Å². The summed E-state index contributed by atoms with van der Waals surface area (Å²) in [7, 11) is 1.59. The monoisotopic (exact) mass is 349 g/mol. The quantitative estimate of drug-likeness (QED) is 0.636. The third-order valence-corrected chi connectivity index (χ3v) is 4.30. The Kier molecular flexibility index (Phi) is 5.01. The van der Waals surface area contributed by atoms with E-state index in [4.69, 9.17) is 14.2 Å². The molecule has 7 heteroatoms. The second-order valence-corrected chi connectivity index (χ2v) is 5.64. The number of hydrogen-bond donors (Lipinski definition) is 0. The maximum Gasteiger partial charge on any atom is 1.00 e. The van der Waals surface area contributed by atoms with Crippen molar-refractivity contribution in [3.05, 3.63) is 41.8 Å². The van der Waals surface area contributed by atoms with E-state index in [1.807, 2.05) is 17.5 Å². The van der Waals surface area contributed by atoms with Crippen molar-refractivity contribution < 1.29 is 48.9 Å². The van der Waals surface area contributed by atoms with Crippen LogP contribution < -0.4 is 48.9 Å². The van der Waals surface area contributed by atoms with Gasteiger partial charge in [-0.25, -0.2) is 0 Å². The summed E-state index contributed by atoms with van der Waals surface area (Å²) in [5.41, 5.74) is 3.62. The molecular formula is C17H12NNaO4S. The number of nitrogens with zero attached hydrogens (tertiary/aromatic N) is 1. The first-order chi connectivity index (χ1) is 11.3. The van der Waals surface area contributed by atoms with Gasteiger partial charge in [0.15, 0.2) is 11.5 Å². The molecule has 0 bridgehead atoms. The van der Waals surface area contributed by atoms with Crippen molar-refractivity contribution >= 4 is 11.5 Å². The number of aromatic nitrogens is 1. The standard InChI is InChI=1S/C17H13NO4S.Na/c1-20-14-6-11(7-15-17(14)22-9-21-15)16-13(8-23-18-16)10-2-4-12(19)5-3-10;/h2-8,19H,9H2,1H3;/q;+1/p-1. The first-order valence-corrected chi connectivity index (χ1v) is 7.80. The molecular weight excluding hydrogens is 337 g/mol. The summed E-state index contributed by atoms with van der Waals surface area (Å²) in [6.07, 6.45) is 0. The molecule has 0 saturated heterocycles. The molecule has 1 aromatic heterocycles. The topological polar surface area (TPSA) is 63.6 Å². The molecule has 0 aliphatic carbocycles. The molecule has 0 saturated carbocycles. The van der Waals surface area contributed by atoms with Crippen LogP contribution in [-0.4, -0.2) is 18.3 Å². The molecule has 0 unspecified atom stereocenters. The minimum atomic E-state index is -0.0109. The Labute approximate surface area is 165 Å². The zero-order chi connectivity index (χ0) is 15.8. The van der Waals surface area contributed by atoms with Gasteiger partial charge in [-0.1, -0.05) is 24.3 Å². The molecule has 0 radical (unpaired) electrons. The predicted octanol–water partition coefficient (Wildman–Crippen LogP) is 0.292. The molecule has 0 spiro atoms. The van der Waals surface area contributed by atoms with E-state index in [2.05, 4.69) is 4.37 Å². The molecule has 4 rings (SSSR count). The van der Waals surface area contributed by atoms with Crippen LogP contribution >= 0.6 is 11.5 Å². The van der Waals surface area contributed by atoms with Crippen LogP contribution in [0.2, 0.25) is 0 Å². The number of methoxy groups -OCH3 is 1. The number of benzene rings is 2. The smallest absolute Gasteiger partial charge is 0.872 e. The largest absolute Gasteiger partial charge is 1.00 e. The van der Waals surface area contributed by atoms with Crippen LogP contribution in [0.4, 0.5) is 0 Å². The predicted molar refractivity (Wildman–Crippen MR) is 85.1 cm³/mol. The van der Waals surface area contributed by atoms with Crippen molar-refractivity contribution in [2.45, 2.75) is 0 Å². The first-order valence-electron chi connectivity index (χ1n) is 6.96. The molecule has 2 heterocycles. The van der Waals surface area contributed by atoms with E-state index in [1.165, 1.54) is 11.5 Å². The maximum absolute atomic E-state index is 11.3. The van der Waals surface area contributed by atoms with Gasteiger partial charge in [0, 0.05) is 16.5 Å². The van der Waals surface area contributed by atoms with Crippen LogP contribution in [0.15, 0.2) is 41.8 Å². The van der Waals surface area contributed by atoms with Gasteiger partial charge in [0.2, 0.25) is 12.5 Å². The molecule has 1 aliphatic rings. The number of ether oxygens (including phenoxy) is 3. The average Bonchev–Trinajstić information content (AvgIpc) is 3.23. The Hall–Kier alpha value is -1.73. The molecule has 5 nitrogen and oxygen atoms in total. The first kappa shape index (κ1) is 17.1. The Morgan fingerprint density at radius 3 is 2.67 bits per heavy atom. The van der Waals surface area contributed by atoms with E-state index in [0.29, 0.717) is 17.2 Å². The summed E-state index contributed by atoms with van der Waals surface area (Å²) in [5, 5.41) is 13.3. The van der Waals surface area contributed by atoms with E-state index in [-0.39, 0.29) is 42.1 Å². The normalized spacial score (nSPS) is 11.9.